The van der Waals surface area contributed by atoms with Crippen molar-refractivity contribution < 1.29 is 5.11 Å². The van der Waals surface area contributed by atoms with E-state index in [2.05, 4.69) is 15.2 Å². The van der Waals surface area contributed by atoms with Gasteiger partial charge in [0, 0.05) is 5.25 Å². The smallest absolute Gasteiger partial charge is 0.342 e. The number of aromatic nitrogens is 3. The van der Waals surface area contributed by atoms with Gasteiger partial charge in [0.05, 0.1) is 6.10 Å². The summed E-state index contributed by atoms with van der Waals surface area (Å²) in [6, 6.07) is 0. The van der Waals surface area contributed by atoms with Crippen LogP contribution in [0.25, 0.3) is 0 Å². The van der Waals surface area contributed by atoms with Gasteiger partial charge < -0.3 is 5.11 Å². The highest BCUT2D eigenvalue weighted by Crippen LogP contribution is 2.18. The van der Waals surface area contributed by atoms with Crippen LogP contribution in [0.1, 0.15) is 13.8 Å². The summed E-state index contributed by atoms with van der Waals surface area (Å²) in [5, 5.41) is 14.9. The first kappa shape index (κ1) is 11.0. The molecule has 2 unspecified atom stereocenters. The first-order valence-corrected chi connectivity index (χ1v) is 4.92. The van der Waals surface area contributed by atoms with Crippen molar-refractivity contribution in [2.24, 2.45) is 0 Å². The highest BCUT2D eigenvalue weighted by atomic mass is 32.2. The van der Waals surface area contributed by atoms with E-state index in [4.69, 9.17) is 0 Å². The lowest BCUT2D eigenvalue weighted by molar-refractivity contribution is 0.196. The summed E-state index contributed by atoms with van der Waals surface area (Å²) in [6.45, 7) is 3.39. The molecule has 0 aliphatic rings. The number of H-pyrrole nitrogens is 2. The third-order valence-electron chi connectivity index (χ3n) is 1.66. The predicted molar refractivity (Wildman–Crippen MR) is 52.5 cm³/mol. The molecule has 0 aliphatic carbocycles. The molecule has 78 valence electrons. The van der Waals surface area contributed by atoms with Gasteiger partial charge in [0.25, 0.3) is 5.56 Å². The number of aromatic amines is 2. The van der Waals surface area contributed by atoms with Crippen LogP contribution in [-0.4, -0.2) is 31.6 Å². The Morgan fingerprint density at radius 2 is 2.07 bits per heavy atom. The number of thioether (sulfide) groups is 1. The molecule has 0 amide bonds. The van der Waals surface area contributed by atoms with Gasteiger partial charge in [-0.3, -0.25) is 9.78 Å². The van der Waals surface area contributed by atoms with Gasteiger partial charge in [-0.05, 0) is 6.92 Å². The van der Waals surface area contributed by atoms with Gasteiger partial charge in [-0.15, -0.1) is 0 Å². The van der Waals surface area contributed by atoms with Crippen molar-refractivity contribution in [2.75, 3.05) is 0 Å². The Balaban J connectivity index is 2.88. The molecule has 3 N–H and O–H groups in total. The van der Waals surface area contributed by atoms with Crippen LogP contribution in [0.2, 0.25) is 0 Å². The van der Waals surface area contributed by atoms with E-state index in [0.29, 0.717) is 0 Å². The molecule has 1 rings (SSSR count). The van der Waals surface area contributed by atoms with Gasteiger partial charge in [-0.2, -0.15) is 5.10 Å². The molecule has 0 saturated heterocycles. The van der Waals surface area contributed by atoms with Gasteiger partial charge in [-0.1, -0.05) is 18.7 Å². The van der Waals surface area contributed by atoms with Crippen LogP contribution in [0, 0.1) is 0 Å². The van der Waals surface area contributed by atoms with Crippen molar-refractivity contribution in [3.63, 3.8) is 0 Å². The molecule has 6 nitrogen and oxygen atoms in total. The lowest BCUT2D eigenvalue weighted by atomic mass is 10.3. The van der Waals surface area contributed by atoms with Crippen LogP contribution < -0.4 is 11.2 Å². The largest absolute Gasteiger partial charge is 0.392 e. The maximum atomic E-state index is 11.2. The van der Waals surface area contributed by atoms with Crippen LogP contribution >= 0.6 is 11.8 Å². The Morgan fingerprint density at radius 3 is 2.57 bits per heavy atom. The molecule has 1 heterocycles. The molecule has 0 saturated carbocycles. The second-order valence-electron chi connectivity index (χ2n) is 2.88. The van der Waals surface area contributed by atoms with Crippen molar-refractivity contribution in [3.8, 4) is 0 Å². The minimum Gasteiger partial charge on any atom is -0.392 e. The molecule has 14 heavy (non-hydrogen) atoms. The number of aliphatic hydroxyl groups is 1. The van der Waals surface area contributed by atoms with E-state index in [1.54, 1.807) is 13.8 Å². The third kappa shape index (κ3) is 2.71. The lowest BCUT2D eigenvalue weighted by Crippen LogP contribution is -2.26. The van der Waals surface area contributed by atoms with Crippen LogP contribution in [0.3, 0.4) is 0 Å². The molecule has 7 heteroatoms. The fourth-order valence-electron chi connectivity index (χ4n) is 0.691. The second kappa shape index (κ2) is 4.43. The summed E-state index contributed by atoms with van der Waals surface area (Å²) in [4.78, 5) is 23.8. The molecule has 0 aromatic carbocycles. The van der Waals surface area contributed by atoms with Crippen LogP contribution in [0.15, 0.2) is 14.6 Å². The van der Waals surface area contributed by atoms with E-state index in [1.807, 2.05) is 0 Å². The monoisotopic (exact) mass is 217 g/mol. The fourth-order valence-corrected chi connectivity index (χ4v) is 1.50. The minimum atomic E-state index is -0.635. The van der Waals surface area contributed by atoms with Gasteiger partial charge in [0.1, 0.15) is 0 Å². The molecule has 0 spiro atoms. The maximum Gasteiger partial charge on any atom is 0.342 e. The Hall–Kier alpha value is -1.08. The average molecular weight is 217 g/mol. The zero-order valence-corrected chi connectivity index (χ0v) is 8.59. The number of hydrogen-bond acceptors (Lipinski definition) is 5. The Kier molecular flexibility index (Phi) is 3.48. The first-order chi connectivity index (χ1) is 6.50. The number of nitrogens with zero attached hydrogens (tertiary/aromatic N) is 1. The second-order valence-corrected chi connectivity index (χ2v) is 4.24. The van der Waals surface area contributed by atoms with Crippen molar-refractivity contribution in [1.82, 2.24) is 15.2 Å². The Morgan fingerprint density at radius 1 is 1.43 bits per heavy atom. The zero-order chi connectivity index (χ0) is 10.7. The summed E-state index contributed by atoms with van der Waals surface area (Å²) in [5.41, 5.74) is -1.17. The van der Waals surface area contributed by atoms with Gasteiger partial charge >= 0.3 is 5.69 Å². The van der Waals surface area contributed by atoms with Crippen LogP contribution in [0.5, 0.6) is 0 Å². The van der Waals surface area contributed by atoms with E-state index in [0.717, 1.165) is 11.8 Å². The fraction of sp³-hybridized carbons (Fsp3) is 0.571. The van der Waals surface area contributed by atoms with E-state index in [1.165, 1.54) is 0 Å². The SMILES string of the molecule is CC(O)C(C)Sc1n[nH]c(=O)[nH]c1=O. The summed E-state index contributed by atoms with van der Waals surface area (Å²) in [5.74, 6) is 0. The Labute approximate surface area is 83.8 Å². The average Bonchev–Trinajstić information content (AvgIpc) is 2.09. The van der Waals surface area contributed by atoms with Gasteiger partial charge in [-0.25, -0.2) is 9.89 Å². The number of nitrogens with one attached hydrogen (secondary N) is 2. The number of aliphatic hydroxyl groups excluding tert-OH is 1. The highest BCUT2D eigenvalue weighted by Gasteiger charge is 2.13. The molecular formula is C7H11N3O3S. The molecule has 0 aliphatic heterocycles. The van der Waals surface area contributed by atoms with Crippen molar-refractivity contribution in [1.29, 1.82) is 0 Å². The summed E-state index contributed by atoms with van der Waals surface area (Å²) in [7, 11) is 0. The standard InChI is InChI=1S/C7H11N3O3S/c1-3(11)4(2)14-6-5(12)8-7(13)10-9-6/h3-4,11H,1-2H3,(H2,8,10,12,13). The highest BCUT2D eigenvalue weighted by molar-refractivity contribution is 7.99. The molecule has 0 radical (unpaired) electrons. The van der Waals surface area contributed by atoms with E-state index >= 15 is 0 Å². The maximum absolute atomic E-state index is 11.2. The quantitative estimate of drug-likeness (QED) is 0.583. The first-order valence-electron chi connectivity index (χ1n) is 4.04. The molecule has 0 bridgehead atoms. The third-order valence-corrected chi connectivity index (χ3v) is 2.92. The van der Waals surface area contributed by atoms with E-state index in [9.17, 15) is 14.7 Å². The zero-order valence-electron chi connectivity index (χ0n) is 7.77. The molecule has 2 atom stereocenters. The number of hydrogen-bond donors (Lipinski definition) is 3. The Bertz CT molecular complexity index is 411. The topological polar surface area (TPSA) is 98.8 Å². The normalized spacial score (nSPS) is 15.1. The van der Waals surface area contributed by atoms with Gasteiger partial charge in [0.15, 0.2) is 5.03 Å². The summed E-state index contributed by atoms with van der Waals surface area (Å²) >= 11 is 1.11. The van der Waals surface area contributed by atoms with Gasteiger partial charge in [0.2, 0.25) is 0 Å². The summed E-state index contributed by atoms with van der Waals surface area (Å²) in [6.07, 6.45) is -0.548. The molecular weight excluding hydrogens is 206 g/mol. The van der Waals surface area contributed by atoms with E-state index < -0.39 is 17.4 Å². The van der Waals surface area contributed by atoms with Crippen LogP contribution in [-0.2, 0) is 0 Å². The van der Waals surface area contributed by atoms with E-state index in [-0.39, 0.29) is 10.3 Å². The lowest BCUT2D eigenvalue weighted by Gasteiger charge is -2.11. The van der Waals surface area contributed by atoms with Crippen molar-refractivity contribution in [3.05, 3.63) is 20.8 Å². The molecule has 1 aromatic heterocycles. The molecule has 1 aromatic rings. The van der Waals surface area contributed by atoms with Crippen LogP contribution in [0.4, 0.5) is 0 Å². The van der Waals surface area contributed by atoms with Crippen molar-refractivity contribution in [2.45, 2.75) is 30.2 Å². The van der Waals surface area contributed by atoms with Crippen molar-refractivity contribution >= 4 is 11.8 Å². The predicted octanol–water partition coefficient (Wildman–Crippen LogP) is -0.680. The minimum absolute atomic E-state index is 0.151. The molecule has 0 fully saturated rings. The summed E-state index contributed by atoms with van der Waals surface area (Å²) < 4.78 is 0. The number of rotatable bonds is 3.